The van der Waals surface area contributed by atoms with E-state index in [0.29, 0.717) is 47.6 Å². The molecule has 270 valence electrons. The van der Waals surface area contributed by atoms with Crippen LogP contribution in [-0.4, -0.2) is 58.0 Å². The normalized spacial score (nSPS) is 13.8. The number of ether oxygens (including phenoxy) is 1. The molecule has 1 aromatic heterocycles. The molecular formula is C37H40ClF3N6O4. The number of nitrogens with zero attached hydrogens (tertiary/aromatic N) is 3. The average molecular weight is 725 g/mol. The maximum absolute atomic E-state index is 13.6. The van der Waals surface area contributed by atoms with Crippen molar-refractivity contribution >= 4 is 51.9 Å². The van der Waals surface area contributed by atoms with Gasteiger partial charge >= 0.3 is 12.3 Å². The zero-order chi connectivity index (χ0) is 37.3. The van der Waals surface area contributed by atoms with E-state index in [4.69, 9.17) is 16.3 Å². The molecule has 0 aliphatic carbocycles. The molecular weight excluding hydrogens is 685 g/mol. The summed E-state index contributed by atoms with van der Waals surface area (Å²) in [6, 6.07) is 14.6. The van der Waals surface area contributed by atoms with Crippen LogP contribution in [0.4, 0.5) is 29.5 Å². The van der Waals surface area contributed by atoms with Crippen LogP contribution >= 0.6 is 11.6 Å². The molecule has 0 unspecified atom stereocenters. The van der Waals surface area contributed by atoms with E-state index in [0.717, 1.165) is 12.1 Å². The molecule has 1 aliphatic rings. The molecule has 3 aromatic carbocycles. The Morgan fingerprint density at radius 2 is 1.67 bits per heavy atom. The summed E-state index contributed by atoms with van der Waals surface area (Å²) in [6.07, 6.45) is -4.96. The van der Waals surface area contributed by atoms with Crippen molar-refractivity contribution in [3.8, 4) is 11.4 Å². The van der Waals surface area contributed by atoms with Crippen molar-refractivity contribution in [2.24, 2.45) is 11.3 Å². The first-order chi connectivity index (χ1) is 23.8. The van der Waals surface area contributed by atoms with Crippen LogP contribution in [0.3, 0.4) is 0 Å². The fourth-order valence-electron chi connectivity index (χ4n) is 5.22. The molecule has 3 N–H and O–H groups in total. The standard InChI is InChI=1S/C37H40ClF3N6O4/c1-35(2,3)33(49)43-17-21-10-13-28(38)27(14-21)32(48)44-25-11-12-26-29(16-25)45-30(23-8-7-9-24(15-23)37(39,40)41)46-31(26)42-18-22-19-47(20-22)34(50)51-36(4,5)6/h7-16,22H,17-20H2,1-6H3,(H,43,49)(H,44,48)(H,42,45,46). The Morgan fingerprint density at radius 3 is 2.33 bits per heavy atom. The maximum atomic E-state index is 13.6. The molecule has 14 heteroatoms. The predicted octanol–water partition coefficient (Wildman–Crippen LogP) is 8.16. The Morgan fingerprint density at radius 1 is 0.941 bits per heavy atom. The van der Waals surface area contributed by atoms with E-state index in [2.05, 4.69) is 25.9 Å². The quantitative estimate of drug-likeness (QED) is 0.167. The Balaban J connectivity index is 1.40. The number of fused-ring (bicyclic) bond motifs is 1. The monoisotopic (exact) mass is 724 g/mol. The summed E-state index contributed by atoms with van der Waals surface area (Å²) in [4.78, 5) is 48.9. The van der Waals surface area contributed by atoms with Gasteiger partial charge in [-0.1, -0.05) is 50.6 Å². The van der Waals surface area contributed by atoms with Crippen molar-refractivity contribution in [2.75, 3.05) is 30.3 Å². The third-order valence-electron chi connectivity index (χ3n) is 7.98. The summed E-state index contributed by atoms with van der Waals surface area (Å²) in [5, 5.41) is 9.75. The van der Waals surface area contributed by atoms with Gasteiger partial charge in [-0.2, -0.15) is 13.2 Å². The van der Waals surface area contributed by atoms with Gasteiger partial charge in [0.05, 0.1) is 21.7 Å². The van der Waals surface area contributed by atoms with E-state index in [-0.39, 0.29) is 40.3 Å². The highest BCUT2D eigenvalue weighted by molar-refractivity contribution is 6.34. The molecule has 1 saturated heterocycles. The highest BCUT2D eigenvalue weighted by Crippen LogP contribution is 2.33. The smallest absolute Gasteiger partial charge is 0.416 e. The number of hydrogen-bond donors (Lipinski definition) is 3. The van der Waals surface area contributed by atoms with Crippen LogP contribution in [-0.2, 0) is 22.3 Å². The molecule has 2 heterocycles. The number of aromatic nitrogens is 2. The number of likely N-dealkylation sites (tertiary alicyclic amines) is 1. The van der Waals surface area contributed by atoms with E-state index in [1.807, 2.05) is 0 Å². The van der Waals surface area contributed by atoms with Crippen LogP contribution in [0.1, 0.15) is 63.0 Å². The van der Waals surface area contributed by atoms with Gasteiger partial charge in [0, 0.05) is 54.1 Å². The number of amides is 3. The van der Waals surface area contributed by atoms with Crippen molar-refractivity contribution in [1.29, 1.82) is 0 Å². The first-order valence-electron chi connectivity index (χ1n) is 16.4. The minimum absolute atomic E-state index is 0.0524. The third-order valence-corrected chi connectivity index (χ3v) is 8.31. The molecule has 1 aliphatic heterocycles. The van der Waals surface area contributed by atoms with Gasteiger partial charge in [-0.05, 0) is 68.8 Å². The van der Waals surface area contributed by atoms with Gasteiger partial charge < -0.3 is 25.6 Å². The first-order valence-corrected chi connectivity index (χ1v) is 16.7. The molecule has 0 atom stereocenters. The fraction of sp³-hybridized carbons (Fsp3) is 0.378. The number of benzene rings is 3. The fourth-order valence-corrected chi connectivity index (χ4v) is 5.43. The van der Waals surface area contributed by atoms with Crippen molar-refractivity contribution in [1.82, 2.24) is 20.2 Å². The first kappa shape index (κ1) is 37.3. The van der Waals surface area contributed by atoms with Gasteiger partial charge in [0.15, 0.2) is 5.82 Å². The van der Waals surface area contributed by atoms with Crippen molar-refractivity contribution < 1.29 is 32.3 Å². The van der Waals surface area contributed by atoms with E-state index in [1.54, 1.807) is 82.8 Å². The molecule has 0 saturated carbocycles. The van der Waals surface area contributed by atoms with Crippen LogP contribution in [0.2, 0.25) is 5.02 Å². The minimum atomic E-state index is -4.56. The Labute approximate surface area is 299 Å². The summed E-state index contributed by atoms with van der Waals surface area (Å²) < 4.78 is 46.2. The number of carbonyl (C=O) groups excluding carboxylic acids is 3. The molecule has 5 rings (SSSR count). The minimum Gasteiger partial charge on any atom is -0.444 e. The number of nitrogens with one attached hydrogen (secondary N) is 3. The molecule has 0 bridgehead atoms. The Hall–Kier alpha value is -4.91. The largest absolute Gasteiger partial charge is 0.444 e. The zero-order valence-electron chi connectivity index (χ0n) is 29.2. The lowest BCUT2D eigenvalue weighted by atomic mass is 9.95. The van der Waals surface area contributed by atoms with Crippen molar-refractivity contribution in [3.63, 3.8) is 0 Å². The average Bonchev–Trinajstić information content (AvgIpc) is 3.01. The van der Waals surface area contributed by atoms with Gasteiger partial charge in [-0.15, -0.1) is 0 Å². The number of carbonyl (C=O) groups is 3. The molecule has 0 radical (unpaired) electrons. The lowest BCUT2D eigenvalue weighted by Gasteiger charge is -2.39. The van der Waals surface area contributed by atoms with Crippen LogP contribution < -0.4 is 16.0 Å². The van der Waals surface area contributed by atoms with Crippen LogP contribution in [0.15, 0.2) is 60.7 Å². The second-order valence-electron chi connectivity index (χ2n) is 14.5. The summed E-state index contributed by atoms with van der Waals surface area (Å²) in [7, 11) is 0. The molecule has 3 amide bonds. The van der Waals surface area contributed by atoms with E-state index in [1.165, 1.54) is 12.1 Å². The Kier molecular flexibility index (Phi) is 10.5. The highest BCUT2D eigenvalue weighted by atomic mass is 35.5. The number of halogens is 4. The number of alkyl halides is 3. The van der Waals surface area contributed by atoms with Gasteiger partial charge in [0.1, 0.15) is 11.4 Å². The second-order valence-corrected chi connectivity index (χ2v) is 14.9. The molecule has 1 fully saturated rings. The highest BCUT2D eigenvalue weighted by Gasteiger charge is 2.34. The number of hydrogen-bond acceptors (Lipinski definition) is 7. The van der Waals surface area contributed by atoms with Crippen LogP contribution in [0.5, 0.6) is 0 Å². The summed E-state index contributed by atoms with van der Waals surface area (Å²) in [6.45, 7) is 12.4. The number of anilines is 2. The SMILES string of the molecule is CC(C)(C)OC(=O)N1CC(CNc2nc(-c3cccc(C(F)(F)F)c3)nc3cc(NC(=O)c4cc(CNC(=O)C(C)(C)C)ccc4Cl)ccc23)C1. The molecule has 10 nitrogen and oxygen atoms in total. The maximum Gasteiger partial charge on any atom is 0.416 e. The summed E-state index contributed by atoms with van der Waals surface area (Å²) in [5.41, 5.74) is -0.277. The van der Waals surface area contributed by atoms with Gasteiger partial charge in [0.25, 0.3) is 5.91 Å². The van der Waals surface area contributed by atoms with E-state index in [9.17, 15) is 27.6 Å². The van der Waals surface area contributed by atoms with Gasteiger partial charge in [-0.3, -0.25) is 9.59 Å². The molecule has 51 heavy (non-hydrogen) atoms. The topological polar surface area (TPSA) is 126 Å². The third kappa shape index (κ3) is 9.46. The summed E-state index contributed by atoms with van der Waals surface area (Å²) >= 11 is 6.39. The second kappa shape index (κ2) is 14.4. The number of rotatable bonds is 8. The van der Waals surface area contributed by atoms with Crippen LogP contribution in [0.25, 0.3) is 22.3 Å². The van der Waals surface area contributed by atoms with E-state index < -0.39 is 34.8 Å². The van der Waals surface area contributed by atoms with Crippen molar-refractivity contribution in [2.45, 2.75) is 59.9 Å². The van der Waals surface area contributed by atoms with Crippen molar-refractivity contribution in [3.05, 3.63) is 82.4 Å². The predicted molar refractivity (Wildman–Crippen MR) is 190 cm³/mol. The molecule has 0 spiro atoms. The Bertz CT molecular complexity index is 1970. The van der Waals surface area contributed by atoms with E-state index >= 15 is 0 Å². The zero-order valence-corrected chi connectivity index (χ0v) is 29.9. The lowest BCUT2D eigenvalue weighted by molar-refractivity contribution is -0.137. The lowest BCUT2D eigenvalue weighted by Crippen LogP contribution is -2.53. The molecule has 4 aromatic rings. The summed E-state index contributed by atoms with van der Waals surface area (Å²) in [5.74, 6) is -0.130. The van der Waals surface area contributed by atoms with Gasteiger partial charge in [-0.25, -0.2) is 14.8 Å². The van der Waals surface area contributed by atoms with Gasteiger partial charge in [0.2, 0.25) is 5.91 Å². The van der Waals surface area contributed by atoms with Crippen LogP contribution in [0, 0.1) is 11.3 Å².